The molecule has 0 aliphatic carbocycles. The minimum atomic E-state index is 0.396. The highest BCUT2D eigenvalue weighted by Crippen LogP contribution is 2.31. The number of rotatable bonds is 5. The normalized spacial score (nSPS) is 12.3. The molecule has 0 aliphatic heterocycles. The second-order valence-electron chi connectivity index (χ2n) is 3.85. The lowest BCUT2D eigenvalue weighted by molar-refractivity contribution is 0.413. The molecule has 1 unspecified atom stereocenters. The molecule has 3 nitrogen and oxygen atoms in total. The maximum atomic E-state index is 5.58. The van der Waals surface area contributed by atoms with Crippen molar-refractivity contribution in [2.75, 3.05) is 25.6 Å². The predicted octanol–water partition coefficient (Wildman–Crippen LogP) is 2.63. The standard InChI is InChI=1S/C12H19BrN2O/c1-9(6-7-14)15(2)11-8-10(13)4-5-12(11)16-3/h4-5,8-9H,6-7,14H2,1-3H3. The van der Waals surface area contributed by atoms with Crippen molar-refractivity contribution < 1.29 is 4.74 Å². The van der Waals surface area contributed by atoms with Crippen LogP contribution in [0.3, 0.4) is 0 Å². The van der Waals surface area contributed by atoms with Crippen molar-refractivity contribution in [1.82, 2.24) is 0 Å². The van der Waals surface area contributed by atoms with Crippen molar-refractivity contribution in [3.05, 3.63) is 22.7 Å². The molecular weight excluding hydrogens is 268 g/mol. The van der Waals surface area contributed by atoms with E-state index in [0.717, 1.165) is 22.3 Å². The topological polar surface area (TPSA) is 38.5 Å². The first-order valence-corrected chi connectivity index (χ1v) is 6.16. The molecule has 2 N–H and O–H groups in total. The summed E-state index contributed by atoms with van der Waals surface area (Å²) in [4.78, 5) is 2.19. The molecule has 0 fully saturated rings. The van der Waals surface area contributed by atoms with Crippen LogP contribution in [-0.2, 0) is 0 Å². The van der Waals surface area contributed by atoms with Crippen molar-refractivity contribution in [2.45, 2.75) is 19.4 Å². The van der Waals surface area contributed by atoms with Gasteiger partial charge >= 0.3 is 0 Å². The summed E-state index contributed by atoms with van der Waals surface area (Å²) in [5, 5.41) is 0. The van der Waals surface area contributed by atoms with E-state index in [2.05, 4.69) is 40.9 Å². The molecule has 0 saturated heterocycles. The number of methoxy groups -OCH3 is 1. The lowest BCUT2D eigenvalue weighted by atomic mass is 10.2. The van der Waals surface area contributed by atoms with Gasteiger partial charge in [-0.3, -0.25) is 0 Å². The Balaban J connectivity index is 2.96. The summed E-state index contributed by atoms with van der Waals surface area (Å²) in [6.07, 6.45) is 0.964. The van der Waals surface area contributed by atoms with Crippen molar-refractivity contribution >= 4 is 21.6 Å². The smallest absolute Gasteiger partial charge is 0.142 e. The zero-order chi connectivity index (χ0) is 12.1. The third-order valence-corrected chi connectivity index (χ3v) is 3.26. The van der Waals surface area contributed by atoms with Gasteiger partial charge in [0, 0.05) is 17.6 Å². The van der Waals surface area contributed by atoms with Gasteiger partial charge in [-0.05, 0) is 38.1 Å². The fraction of sp³-hybridized carbons (Fsp3) is 0.500. The Bertz CT molecular complexity index is 344. The van der Waals surface area contributed by atoms with Gasteiger partial charge in [0.15, 0.2) is 0 Å². The number of ether oxygens (including phenoxy) is 1. The van der Waals surface area contributed by atoms with E-state index in [-0.39, 0.29) is 0 Å². The fourth-order valence-corrected chi connectivity index (χ4v) is 1.96. The Hall–Kier alpha value is -0.740. The molecule has 90 valence electrons. The average molecular weight is 287 g/mol. The van der Waals surface area contributed by atoms with Gasteiger partial charge in [0.2, 0.25) is 0 Å². The molecule has 1 aromatic carbocycles. The van der Waals surface area contributed by atoms with Gasteiger partial charge in [-0.25, -0.2) is 0 Å². The van der Waals surface area contributed by atoms with E-state index >= 15 is 0 Å². The van der Waals surface area contributed by atoms with Crippen LogP contribution < -0.4 is 15.4 Å². The molecule has 4 heteroatoms. The molecule has 0 aliphatic rings. The minimum Gasteiger partial charge on any atom is -0.495 e. The summed E-state index contributed by atoms with van der Waals surface area (Å²) in [6.45, 7) is 2.86. The number of nitrogens with zero attached hydrogens (tertiary/aromatic N) is 1. The van der Waals surface area contributed by atoms with Gasteiger partial charge in [0.1, 0.15) is 5.75 Å². The highest BCUT2D eigenvalue weighted by Gasteiger charge is 2.13. The van der Waals surface area contributed by atoms with Crippen molar-refractivity contribution in [3.8, 4) is 5.75 Å². The van der Waals surface area contributed by atoms with Crippen LogP contribution in [0.25, 0.3) is 0 Å². The van der Waals surface area contributed by atoms with Gasteiger partial charge in [0.25, 0.3) is 0 Å². The Morgan fingerprint density at radius 1 is 1.50 bits per heavy atom. The monoisotopic (exact) mass is 286 g/mol. The van der Waals surface area contributed by atoms with E-state index in [9.17, 15) is 0 Å². The largest absolute Gasteiger partial charge is 0.495 e. The van der Waals surface area contributed by atoms with Crippen molar-refractivity contribution in [3.63, 3.8) is 0 Å². The van der Waals surface area contributed by atoms with E-state index in [4.69, 9.17) is 10.5 Å². The average Bonchev–Trinajstić information content (AvgIpc) is 2.28. The molecule has 0 bridgehead atoms. The number of nitrogens with two attached hydrogens (primary N) is 1. The Labute approximate surface area is 106 Å². The van der Waals surface area contributed by atoms with Gasteiger partial charge in [-0.1, -0.05) is 15.9 Å². The van der Waals surface area contributed by atoms with Gasteiger partial charge in [-0.2, -0.15) is 0 Å². The maximum Gasteiger partial charge on any atom is 0.142 e. The zero-order valence-electron chi connectivity index (χ0n) is 10.0. The molecular formula is C12H19BrN2O. The SMILES string of the molecule is COc1ccc(Br)cc1N(C)C(C)CCN. The molecule has 0 spiro atoms. The van der Waals surface area contributed by atoms with E-state index in [1.165, 1.54) is 0 Å². The lowest BCUT2D eigenvalue weighted by Gasteiger charge is -2.28. The summed E-state index contributed by atoms with van der Waals surface area (Å²) in [6, 6.07) is 6.40. The Kier molecular flexibility index (Phi) is 5.09. The van der Waals surface area contributed by atoms with Crippen LogP contribution >= 0.6 is 15.9 Å². The number of hydrogen-bond acceptors (Lipinski definition) is 3. The van der Waals surface area contributed by atoms with Crippen LogP contribution in [0.15, 0.2) is 22.7 Å². The highest BCUT2D eigenvalue weighted by molar-refractivity contribution is 9.10. The summed E-state index contributed by atoms with van der Waals surface area (Å²) in [5.41, 5.74) is 6.66. The molecule has 0 radical (unpaired) electrons. The highest BCUT2D eigenvalue weighted by atomic mass is 79.9. The molecule has 0 heterocycles. The lowest BCUT2D eigenvalue weighted by Crippen LogP contribution is -2.31. The molecule has 16 heavy (non-hydrogen) atoms. The van der Waals surface area contributed by atoms with Gasteiger partial charge in [-0.15, -0.1) is 0 Å². The Morgan fingerprint density at radius 3 is 2.75 bits per heavy atom. The van der Waals surface area contributed by atoms with E-state index in [1.807, 2.05) is 12.1 Å². The number of halogens is 1. The van der Waals surface area contributed by atoms with Crippen LogP contribution in [0.4, 0.5) is 5.69 Å². The molecule has 0 aromatic heterocycles. The van der Waals surface area contributed by atoms with Crippen LogP contribution in [-0.4, -0.2) is 26.7 Å². The van der Waals surface area contributed by atoms with Crippen LogP contribution in [0.5, 0.6) is 5.75 Å². The third kappa shape index (κ3) is 3.12. The third-order valence-electron chi connectivity index (χ3n) is 2.77. The van der Waals surface area contributed by atoms with Crippen LogP contribution in [0.2, 0.25) is 0 Å². The van der Waals surface area contributed by atoms with Gasteiger partial charge in [0.05, 0.1) is 12.8 Å². The first kappa shape index (κ1) is 13.3. The number of anilines is 1. The summed E-state index contributed by atoms with van der Waals surface area (Å²) in [5.74, 6) is 0.884. The second-order valence-corrected chi connectivity index (χ2v) is 4.77. The second kappa shape index (κ2) is 6.11. The van der Waals surface area contributed by atoms with E-state index in [1.54, 1.807) is 7.11 Å². The zero-order valence-corrected chi connectivity index (χ0v) is 11.6. The first-order valence-electron chi connectivity index (χ1n) is 5.36. The fourth-order valence-electron chi connectivity index (χ4n) is 1.61. The Morgan fingerprint density at radius 2 is 2.19 bits per heavy atom. The maximum absolute atomic E-state index is 5.58. The molecule has 1 atom stereocenters. The first-order chi connectivity index (χ1) is 7.60. The predicted molar refractivity (Wildman–Crippen MR) is 72.2 cm³/mol. The van der Waals surface area contributed by atoms with Crippen molar-refractivity contribution in [1.29, 1.82) is 0 Å². The minimum absolute atomic E-state index is 0.396. The van der Waals surface area contributed by atoms with E-state index < -0.39 is 0 Å². The molecule has 1 aromatic rings. The molecule has 1 rings (SSSR count). The summed E-state index contributed by atoms with van der Waals surface area (Å²) in [7, 11) is 3.75. The van der Waals surface area contributed by atoms with Crippen LogP contribution in [0, 0.1) is 0 Å². The summed E-state index contributed by atoms with van der Waals surface area (Å²) < 4.78 is 6.41. The van der Waals surface area contributed by atoms with Crippen molar-refractivity contribution in [2.24, 2.45) is 5.73 Å². The number of hydrogen-bond donors (Lipinski definition) is 1. The van der Waals surface area contributed by atoms with Crippen LogP contribution in [0.1, 0.15) is 13.3 Å². The number of benzene rings is 1. The summed E-state index contributed by atoms with van der Waals surface area (Å²) >= 11 is 3.47. The molecule has 0 saturated carbocycles. The molecule has 0 amide bonds. The quantitative estimate of drug-likeness (QED) is 0.904. The van der Waals surface area contributed by atoms with E-state index in [0.29, 0.717) is 12.6 Å². The van der Waals surface area contributed by atoms with Gasteiger partial charge < -0.3 is 15.4 Å².